The van der Waals surface area contributed by atoms with Crippen LogP contribution >= 0.6 is 11.3 Å². The van der Waals surface area contributed by atoms with Crippen LogP contribution in [-0.2, 0) is 16.4 Å². The van der Waals surface area contributed by atoms with E-state index in [1.54, 1.807) is 18.5 Å². The molecule has 0 aliphatic carbocycles. The quantitative estimate of drug-likeness (QED) is 0.824. The van der Waals surface area contributed by atoms with Gasteiger partial charge in [0.2, 0.25) is 0 Å². The van der Waals surface area contributed by atoms with Crippen LogP contribution in [0.1, 0.15) is 17.4 Å². The molecule has 20 heavy (non-hydrogen) atoms. The highest BCUT2D eigenvalue weighted by Crippen LogP contribution is 2.24. The summed E-state index contributed by atoms with van der Waals surface area (Å²) in [4.78, 5) is 4.97. The normalized spacial score (nSPS) is 11.9. The number of likely N-dealkylation sites (N-methyl/N-ethyl adjacent to an activating group) is 1. The Bertz CT molecular complexity index is 651. The Labute approximate surface area is 124 Å². The maximum atomic E-state index is 12.5. The molecule has 0 N–H and O–H groups in total. The van der Waals surface area contributed by atoms with Crippen LogP contribution in [0.3, 0.4) is 0 Å². The van der Waals surface area contributed by atoms with E-state index in [1.165, 1.54) is 15.6 Å². The van der Waals surface area contributed by atoms with Crippen LogP contribution in [0.4, 0.5) is 0 Å². The van der Waals surface area contributed by atoms with Crippen LogP contribution in [0.2, 0.25) is 0 Å². The number of aryl methyl sites for hydroxylation is 1. The van der Waals surface area contributed by atoms with Gasteiger partial charge in [-0.3, -0.25) is 4.98 Å². The minimum atomic E-state index is -3.36. The van der Waals surface area contributed by atoms with Crippen LogP contribution in [0, 0.1) is 6.92 Å². The average Bonchev–Trinajstić information content (AvgIpc) is 2.88. The van der Waals surface area contributed by atoms with Crippen LogP contribution in [0.15, 0.2) is 40.9 Å². The second-order valence-corrected chi connectivity index (χ2v) is 7.92. The molecular weight excluding hydrogens is 292 g/mol. The van der Waals surface area contributed by atoms with Crippen molar-refractivity contribution in [1.29, 1.82) is 0 Å². The van der Waals surface area contributed by atoms with Crippen molar-refractivity contribution in [3.63, 3.8) is 0 Å². The fraction of sp³-hybridized carbons (Fsp3) is 0.357. The van der Waals surface area contributed by atoms with E-state index in [-0.39, 0.29) is 0 Å². The third-order valence-electron chi connectivity index (χ3n) is 3.06. The molecule has 0 aromatic carbocycles. The Kier molecular flexibility index (Phi) is 4.91. The van der Waals surface area contributed by atoms with Gasteiger partial charge in [0.25, 0.3) is 10.0 Å². The molecule has 0 amide bonds. The highest BCUT2D eigenvalue weighted by atomic mass is 32.2. The zero-order chi connectivity index (χ0) is 14.6. The molecule has 0 aliphatic rings. The number of sulfonamides is 1. The van der Waals surface area contributed by atoms with E-state index >= 15 is 0 Å². The van der Waals surface area contributed by atoms with Gasteiger partial charge in [0.05, 0.1) is 0 Å². The minimum absolute atomic E-state index is 0.423. The maximum absolute atomic E-state index is 12.5. The minimum Gasteiger partial charge on any atom is -0.265 e. The first kappa shape index (κ1) is 15.2. The molecule has 2 aromatic rings. The summed E-state index contributed by atoms with van der Waals surface area (Å²) in [5.41, 5.74) is 1.09. The Hall–Kier alpha value is -1.24. The second kappa shape index (κ2) is 6.47. The average molecular weight is 310 g/mol. The summed E-state index contributed by atoms with van der Waals surface area (Å²) < 4.78 is 27.0. The molecule has 0 fully saturated rings. The molecular formula is C14H18N2O2S2. The summed E-state index contributed by atoms with van der Waals surface area (Å²) >= 11 is 1.32. The molecule has 2 aromatic heterocycles. The lowest BCUT2D eigenvalue weighted by Gasteiger charge is -2.19. The van der Waals surface area contributed by atoms with Gasteiger partial charge < -0.3 is 0 Å². The predicted molar refractivity (Wildman–Crippen MR) is 81.4 cm³/mol. The summed E-state index contributed by atoms with van der Waals surface area (Å²) in [7, 11) is -3.36. The number of hydrogen-bond acceptors (Lipinski definition) is 4. The molecule has 0 spiro atoms. The van der Waals surface area contributed by atoms with Crippen molar-refractivity contribution in [2.75, 3.05) is 13.1 Å². The molecule has 0 unspecified atom stereocenters. The van der Waals surface area contributed by atoms with Crippen LogP contribution in [-0.4, -0.2) is 30.8 Å². The van der Waals surface area contributed by atoms with Gasteiger partial charge in [-0.15, -0.1) is 11.3 Å². The smallest absolute Gasteiger partial charge is 0.252 e. The molecule has 0 aliphatic heterocycles. The van der Waals surface area contributed by atoms with Crippen LogP contribution in [0.5, 0.6) is 0 Å². The zero-order valence-corrected chi connectivity index (χ0v) is 13.2. The Balaban J connectivity index is 2.12. The van der Waals surface area contributed by atoms with Crippen molar-refractivity contribution < 1.29 is 8.42 Å². The van der Waals surface area contributed by atoms with E-state index in [9.17, 15) is 8.42 Å². The molecule has 2 heterocycles. The second-order valence-electron chi connectivity index (χ2n) is 4.47. The highest BCUT2D eigenvalue weighted by Gasteiger charge is 2.24. The fourth-order valence-corrected chi connectivity index (χ4v) is 4.82. The third-order valence-corrected chi connectivity index (χ3v) is 6.50. The highest BCUT2D eigenvalue weighted by molar-refractivity contribution is 7.91. The molecule has 108 valence electrons. The first-order valence-electron chi connectivity index (χ1n) is 6.49. The summed E-state index contributed by atoms with van der Waals surface area (Å²) in [5.74, 6) is 0. The lowest BCUT2D eigenvalue weighted by Crippen LogP contribution is -2.32. The maximum Gasteiger partial charge on any atom is 0.252 e. The van der Waals surface area contributed by atoms with Crippen molar-refractivity contribution in [2.45, 2.75) is 24.5 Å². The lowest BCUT2D eigenvalue weighted by atomic mass is 10.2. The number of hydrogen-bond donors (Lipinski definition) is 0. The van der Waals surface area contributed by atoms with Crippen LogP contribution in [0.25, 0.3) is 0 Å². The van der Waals surface area contributed by atoms with Gasteiger partial charge in [-0.25, -0.2) is 8.42 Å². The van der Waals surface area contributed by atoms with Gasteiger partial charge in [-0.2, -0.15) is 4.31 Å². The van der Waals surface area contributed by atoms with Gasteiger partial charge in [-0.05, 0) is 43.2 Å². The predicted octanol–water partition coefficient (Wildman–Crippen LogP) is 2.70. The van der Waals surface area contributed by atoms with Crippen LogP contribution < -0.4 is 0 Å². The molecule has 0 bridgehead atoms. The first-order chi connectivity index (χ1) is 9.54. The fourth-order valence-electron chi connectivity index (χ4n) is 1.93. The van der Waals surface area contributed by atoms with Crippen molar-refractivity contribution >= 4 is 21.4 Å². The summed E-state index contributed by atoms with van der Waals surface area (Å²) in [6.45, 7) is 4.74. The van der Waals surface area contributed by atoms with Crippen molar-refractivity contribution in [3.8, 4) is 0 Å². The molecule has 2 rings (SSSR count). The van der Waals surface area contributed by atoms with Gasteiger partial charge in [0.1, 0.15) is 4.21 Å². The Morgan fingerprint density at radius 1 is 1.20 bits per heavy atom. The lowest BCUT2D eigenvalue weighted by molar-refractivity contribution is 0.432. The number of nitrogens with zero attached hydrogens (tertiary/aromatic N) is 2. The monoisotopic (exact) mass is 310 g/mol. The number of aromatic nitrogens is 1. The topological polar surface area (TPSA) is 50.3 Å². The van der Waals surface area contributed by atoms with Crippen molar-refractivity contribution in [3.05, 3.63) is 47.1 Å². The largest absolute Gasteiger partial charge is 0.265 e. The third kappa shape index (κ3) is 3.45. The number of pyridine rings is 1. The van der Waals surface area contributed by atoms with Gasteiger partial charge in [0.15, 0.2) is 0 Å². The molecule has 0 atom stereocenters. The first-order valence-corrected chi connectivity index (χ1v) is 8.75. The van der Waals surface area contributed by atoms with Crippen molar-refractivity contribution in [1.82, 2.24) is 9.29 Å². The zero-order valence-electron chi connectivity index (χ0n) is 11.6. The van der Waals surface area contributed by atoms with E-state index in [1.807, 2.05) is 32.0 Å². The number of rotatable bonds is 6. The summed E-state index contributed by atoms with van der Waals surface area (Å²) in [6, 6.07) is 7.35. The van der Waals surface area contributed by atoms with E-state index in [2.05, 4.69) is 4.98 Å². The van der Waals surface area contributed by atoms with E-state index in [0.29, 0.717) is 23.7 Å². The molecule has 0 saturated carbocycles. The summed E-state index contributed by atoms with van der Waals surface area (Å²) in [6.07, 6.45) is 4.14. The molecule has 0 saturated heterocycles. The Morgan fingerprint density at radius 3 is 2.45 bits per heavy atom. The van der Waals surface area contributed by atoms with Gasteiger partial charge >= 0.3 is 0 Å². The summed E-state index contributed by atoms with van der Waals surface area (Å²) in [5, 5.41) is 0. The van der Waals surface area contributed by atoms with Crippen molar-refractivity contribution in [2.24, 2.45) is 0 Å². The van der Waals surface area contributed by atoms with Gasteiger partial charge in [0, 0.05) is 30.4 Å². The number of thiophene rings is 1. The Morgan fingerprint density at radius 2 is 1.90 bits per heavy atom. The van der Waals surface area contributed by atoms with E-state index < -0.39 is 10.0 Å². The van der Waals surface area contributed by atoms with Gasteiger partial charge in [-0.1, -0.05) is 6.92 Å². The van der Waals surface area contributed by atoms with E-state index in [4.69, 9.17) is 0 Å². The van der Waals surface area contributed by atoms with E-state index in [0.717, 1.165) is 10.4 Å². The standard InChI is InChI=1S/C14H18N2O2S2/c1-3-16(11-8-13-6-9-15-10-7-13)20(17,18)14-5-4-12(2)19-14/h4-7,9-10H,3,8,11H2,1-2H3. The SMILES string of the molecule is CCN(CCc1ccncc1)S(=O)(=O)c1ccc(C)s1. The molecule has 6 heteroatoms. The molecule has 0 radical (unpaired) electrons. The molecule has 4 nitrogen and oxygen atoms in total.